The molecule has 1 saturated carbocycles. The van der Waals surface area contributed by atoms with Crippen molar-refractivity contribution in [3.05, 3.63) is 52.7 Å². The third-order valence-electron chi connectivity index (χ3n) is 6.51. The van der Waals surface area contributed by atoms with E-state index in [0.717, 1.165) is 5.56 Å². The molecule has 0 bridgehead atoms. The number of anilines is 1. The number of methoxy groups -OCH3 is 1. The van der Waals surface area contributed by atoms with E-state index in [1.54, 1.807) is 32.9 Å². The molecule has 1 aliphatic rings. The summed E-state index contributed by atoms with van der Waals surface area (Å²) in [7, 11) is 3.33. The minimum absolute atomic E-state index is 0.0475. The first-order chi connectivity index (χ1) is 16.5. The SMILES string of the molecule is CCOC(=O)C1CC(C)C(c2nc(N(C)Cc3ccc(OC)cc3)cc(C)c2C(F)(F)F)CC1=O. The van der Waals surface area contributed by atoms with Gasteiger partial charge in [-0.25, -0.2) is 4.98 Å². The molecular formula is C26H31F3N2O4. The van der Waals surface area contributed by atoms with Gasteiger partial charge in [-0.2, -0.15) is 13.2 Å². The van der Waals surface area contributed by atoms with E-state index in [1.807, 2.05) is 24.3 Å². The van der Waals surface area contributed by atoms with Crippen molar-refractivity contribution >= 4 is 17.6 Å². The highest BCUT2D eigenvalue weighted by Gasteiger charge is 2.44. The summed E-state index contributed by atoms with van der Waals surface area (Å²) < 4.78 is 52.5. The minimum Gasteiger partial charge on any atom is -0.497 e. The number of ether oxygens (including phenoxy) is 2. The number of halogens is 3. The van der Waals surface area contributed by atoms with Gasteiger partial charge in [-0.1, -0.05) is 19.1 Å². The smallest absolute Gasteiger partial charge is 0.418 e. The van der Waals surface area contributed by atoms with E-state index in [0.29, 0.717) is 18.1 Å². The average Bonchev–Trinajstić information content (AvgIpc) is 2.79. The maximum atomic E-state index is 14.1. The molecule has 0 aliphatic heterocycles. The maximum absolute atomic E-state index is 14.1. The van der Waals surface area contributed by atoms with E-state index >= 15 is 0 Å². The summed E-state index contributed by atoms with van der Waals surface area (Å²) in [5.74, 6) is -1.99. The van der Waals surface area contributed by atoms with Gasteiger partial charge < -0.3 is 14.4 Å². The predicted molar refractivity (Wildman–Crippen MR) is 125 cm³/mol. The highest BCUT2D eigenvalue weighted by atomic mass is 19.4. The summed E-state index contributed by atoms with van der Waals surface area (Å²) in [6, 6.07) is 8.81. The van der Waals surface area contributed by atoms with E-state index in [-0.39, 0.29) is 36.6 Å². The van der Waals surface area contributed by atoms with Crippen LogP contribution in [0, 0.1) is 18.8 Å². The summed E-state index contributed by atoms with van der Waals surface area (Å²) >= 11 is 0. The van der Waals surface area contributed by atoms with E-state index in [2.05, 4.69) is 4.98 Å². The Morgan fingerprint density at radius 2 is 1.89 bits per heavy atom. The van der Waals surface area contributed by atoms with E-state index in [1.165, 1.54) is 13.0 Å². The number of aryl methyl sites for hydroxylation is 1. The molecule has 35 heavy (non-hydrogen) atoms. The molecule has 1 aromatic carbocycles. The molecule has 3 rings (SSSR count). The second-order valence-electron chi connectivity index (χ2n) is 9.05. The molecule has 0 radical (unpaired) electrons. The number of aromatic nitrogens is 1. The first kappa shape index (κ1) is 26.5. The molecule has 3 unspecified atom stereocenters. The summed E-state index contributed by atoms with van der Waals surface area (Å²) in [4.78, 5) is 31.2. The maximum Gasteiger partial charge on any atom is 0.418 e. The number of ketones is 1. The average molecular weight is 493 g/mol. The van der Waals surface area contributed by atoms with Crippen molar-refractivity contribution in [3.63, 3.8) is 0 Å². The van der Waals surface area contributed by atoms with Crippen molar-refractivity contribution in [2.75, 3.05) is 25.7 Å². The van der Waals surface area contributed by atoms with Crippen molar-refractivity contribution in [2.24, 2.45) is 11.8 Å². The fourth-order valence-corrected chi connectivity index (χ4v) is 4.66. The van der Waals surface area contributed by atoms with E-state index < -0.39 is 35.3 Å². The van der Waals surface area contributed by atoms with Gasteiger partial charge >= 0.3 is 12.1 Å². The van der Waals surface area contributed by atoms with E-state index in [9.17, 15) is 22.8 Å². The fraction of sp³-hybridized carbons (Fsp3) is 0.500. The van der Waals surface area contributed by atoms with Crippen molar-refractivity contribution < 1.29 is 32.2 Å². The van der Waals surface area contributed by atoms with Gasteiger partial charge in [-0.05, 0) is 55.5 Å². The Morgan fingerprint density at radius 1 is 1.23 bits per heavy atom. The van der Waals surface area contributed by atoms with E-state index in [4.69, 9.17) is 9.47 Å². The third kappa shape index (κ3) is 5.94. The summed E-state index contributed by atoms with van der Waals surface area (Å²) in [5.41, 5.74) is 0.0366. The minimum atomic E-state index is -4.62. The lowest BCUT2D eigenvalue weighted by molar-refractivity contribution is -0.154. The third-order valence-corrected chi connectivity index (χ3v) is 6.51. The van der Waals surface area contributed by atoms with Gasteiger partial charge in [-0.3, -0.25) is 9.59 Å². The molecular weight excluding hydrogens is 461 g/mol. The van der Waals surface area contributed by atoms with Crippen LogP contribution in [0.25, 0.3) is 0 Å². The van der Waals surface area contributed by atoms with Crippen LogP contribution in [0.15, 0.2) is 30.3 Å². The van der Waals surface area contributed by atoms with Crippen LogP contribution in [-0.4, -0.2) is 37.5 Å². The monoisotopic (exact) mass is 492 g/mol. The van der Waals surface area contributed by atoms with Crippen molar-refractivity contribution in [1.82, 2.24) is 4.98 Å². The Balaban J connectivity index is 1.96. The van der Waals surface area contributed by atoms with Crippen LogP contribution < -0.4 is 9.64 Å². The number of Topliss-reactive ketones (excluding diaryl/α,β-unsaturated/α-hetero) is 1. The molecule has 1 aliphatic carbocycles. The molecule has 3 atom stereocenters. The molecule has 0 N–H and O–H groups in total. The van der Waals surface area contributed by atoms with Gasteiger partial charge in [-0.15, -0.1) is 0 Å². The lowest BCUT2D eigenvalue weighted by Crippen LogP contribution is -2.37. The summed E-state index contributed by atoms with van der Waals surface area (Å²) in [6.07, 6.45) is -4.68. The number of nitrogens with zero attached hydrogens (tertiary/aromatic N) is 2. The zero-order chi connectivity index (χ0) is 25.9. The van der Waals surface area contributed by atoms with Crippen molar-refractivity contribution in [2.45, 2.75) is 52.3 Å². The van der Waals surface area contributed by atoms with Crippen LogP contribution >= 0.6 is 0 Å². The molecule has 0 saturated heterocycles. The molecule has 0 spiro atoms. The van der Waals surface area contributed by atoms with Crippen LogP contribution in [0.2, 0.25) is 0 Å². The molecule has 2 aromatic rings. The van der Waals surface area contributed by atoms with Gasteiger partial charge in [0.1, 0.15) is 23.3 Å². The van der Waals surface area contributed by atoms with Crippen LogP contribution in [0.4, 0.5) is 19.0 Å². The molecule has 190 valence electrons. The predicted octanol–water partition coefficient (Wildman–Crippen LogP) is 5.32. The number of pyridine rings is 1. The van der Waals surface area contributed by atoms with Crippen LogP contribution in [-0.2, 0) is 27.0 Å². The Bertz CT molecular complexity index is 1070. The number of rotatable bonds is 7. The highest BCUT2D eigenvalue weighted by molar-refractivity contribution is 6.00. The molecule has 1 heterocycles. The van der Waals surface area contributed by atoms with Gasteiger partial charge in [0.2, 0.25) is 0 Å². The summed E-state index contributed by atoms with van der Waals surface area (Å²) in [5, 5.41) is 0. The standard InChI is InChI=1S/C26H31F3N2O4/c1-6-35-25(33)20-11-15(2)19(13-21(20)32)24-23(26(27,28)29)16(3)12-22(30-24)31(4)14-17-7-9-18(34-5)10-8-17/h7-10,12,15,19-20H,6,11,13-14H2,1-5H3. The lowest BCUT2D eigenvalue weighted by atomic mass is 9.71. The first-order valence-corrected chi connectivity index (χ1v) is 11.6. The zero-order valence-corrected chi connectivity index (χ0v) is 20.6. The normalized spacial score (nSPS) is 20.5. The largest absolute Gasteiger partial charge is 0.497 e. The molecule has 1 aromatic heterocycles. The first-order valence-electron chi connectivity index (χ1n) is 11.6. The number of alkyl halides is 3. The molecule has 1 fully saturated rings. The Kier molecular flexibility index (Phi) is 8.07. The van der Waals surface area contributed by atoms with Gasteiger partial charge in [0.25, 0.3) is 0 Å². The molecule has 6 nitrogen and oxygen atoms in total. The number of esters is 1. The van der Waals surface area contributed by atoms with Crippen molar-refractivity contribution in [3.8, 4) is 5.75 Å². The molecule has 0 amide bonds. The van der Waals surface area contributed by atoms with Crippen molar-refractivity contribution in [1.29, 1.82) is 0 Å². The molecule has 9 heteroatoms. The topological polar surface area (TPSA) is 68.7 Å². The highest BCUT2D eigenvalue weighted by Crippen LogP contribution is 2.45. The zero-order valence-electron chi connectivity index (χ0n) is 20.6. The van der Waals surface area contributed by atoms with Gasteiger partial charge in [0, 0.05) is 25.9 Å². The van der Waals surface area contributed by atoms with Crippen LogP contribution in [0.3, 0.4) is 0 Å². The van der Waals surface area contributed by atoms with Gasteiger partial charge in [0.15, 0.2) is 0 Å². The number of carbonyl (C=O) groups excluding carboxylic acids is 2. The summed E-state index contributed by atoms with van der Waals surface area (Å²) in [6.45, 7) is 5.38. The Morgan fingerprint density at radius 3 is 2.46 bits per heavy atom. The number of carbonyl (C=O) groups is 2. The van der Waals surface area contributed by atoms with Gasteiger partial charge in [0.05, 0.1) is 25.0 Å². The second-order valence-corrected chi connectivity index (χ2v) is 9.05. The fourth-order valence-electron chi connectivity index (χ4n) is 4.66. The second kappa shape index (κ2) is 10.7. The Hall–Kier alpha value is -3.10. The Labute approximate surface area is 203 Å². The van der Waals surface area contributed by atoms with Crippen LogP contribution in [0.1, 0.15) is 55.0 Å². The quantitative estimate of drug-likeness (QED) is 0.385. The number of benzene rings is 1. The number of hydrogen-bond donors (Lipinski definition) is 0. The lowest BCUT2D eigenvalue weighted by Gasteiger charge is -2.34. The number of hydrogen-bond acceptors (Lipinski definition) is 6. The van der Waals surface area contributed by atoms with Crippen LogP contribution in [0.5, 0.6) is 5.75 Å².